The fourth-order valence-corrected chi connectivity index (χ4v) is 2.29. The van der Waals surface area contributed by atoms with E-state index in [0.717, 1.165) is 22.6 Å². The van der Waals surface area contributed by atoms with Gasteiger partial charge in [-0.2, -0.15) is 5.10 Å². The summed E-state index contributed by atoms with van der Waals surface area (Å²) in [4.78, 5) is 0.405. The van der Waals surface area contributed by atoms with Crippen molar-refractivity contribution in [3.63, 3.8) is 0 Å². The van der Waals surface area contributed by atoms with Gasteiger partial charge < -0.3 is 11.1 Å². The minimum absolute atomic E-state index is 0.405. The summed E-state index contributed by atoms with van der Waals surface area (Å²) in [5, 5.41) is 7.79. The van der Waals surface area contributed by atoms with E-state index < -0.39 is 0 Å². The lowest BCUT2D eigenvalue weighted by Gasteiger charge is -2.11. The van der Waals surface area contributed by atoms with E-state index in [9.17, 15) is 0 Å². The van der Waals surface area contributed by atoms with Crippen LogP contribution in [0, 0.1) is 13.8 Å². The molecular weight excluding hydrogens is 256 g/mol. The fraction of sp³-hybridized carbons (Fsp3) is 0.286. The largest absolute Gasteiger partial charge is 0.389 e. The summed E-state index contributed by atoms with van der Waals surface area (Å²) in [5.74, 6) is 0. The first-order valence-corrected chi connectivity index (χ1v) is 6.53. The van der Waals surface area contributed by atoms with E-state index in [1.165, 1.54) is 5.56 Å². The Bertz CT molecular complexity index is 616. The molecule has 2 aromatic rings. The number of nitrogens with two attached hydrogens (primary N) is 1. The molecule has 0 bridgehead atoms. The Labute approximate surface area is 118 Å². The number of hydrogen-bond donors (Lipinski definition) is 2. The molecule has 5 heteroatoms. The van der Waals surface area contributed by atoms with E-state index in [2.05, 4.69) is 17.3 Å². The minimum Gasteiger partial charge on any atom is -0.389 e. The van der Waals surface area contributed by atoms with E-state index in [1.54, 1.807) is 0 Å². The van der Waals surface area contributed by atoms with Crippen LogP contribution in [0.2, 0.25) is 0 Å². The SMILES string of the molecule is Cc1nn(C)c(C)c1CNc1ccccc1C(N)=S. The number of para-hydroxylation sites is 1. The second kappa shape index (κ2) is 5.40. The normalized spacial score (nSPS) is 10.5. The highest BCUT2D eigenvalue weighted by Crippen LogP contribution is 2.18. The molecule has 1 aromatic heterocycles. The molecule has 0 radical (unpaired) electrons. The minimum atomic E-state index is 0.405. The molecule has 0 unspecified atom stereocenters. The summed E-state index contributed by atoms with van der Waals surface area (Å²) in [6.07, 6.45) is 0. The quantitative estimate of drug-likeness (QED) is 0.840. The third-order valence-corrected chi connectivity index (χ3v) is 3.53. The summed E-state index contributed by atoms with van der Waals surface area (Å²) in [6.45, 7) is 4.80. The van der Waals surface area contributed by atoms with Gasteiger partial charge in [-0.05, 0) is 26.0 Å². The standard InChI is InChI=1S/C14H18N4S/c1-9-12(10(2)18(3)17-9)8-16-13-7-5-4-6-11(13)14(15)19/h4-7,16H,8H2,1-3H3,(H2,15,19). The van der Waals surface area contributed by atoms with Gasteiger partial charge in [-0.1, -0.05) is 24.4 Å². The third kappa shape index (κ3) is 2.76. The van der Waals surface area contributed by atoms with Crippen LogP contribution in [-0.4, -0.2) is 14.8 Å². The molecule has 0 aliphatic rings. The van der Waals surface area contributed by atoms with Crippen molar-refractivity contribution in [3.8, 4) is 0 Å². The van der Waals surface area contributed by atoms with E-state index in [1.807, 2.05) is 42.9 Å². The lowest BCUT2D eigenvalue weighted by Crippen LogP contribution is -2.13. The van der Waals surface area contributed by atoms with Crippen LogP contribution in [-0.2, 0) is 13.6 Å². The predicted molar refractivity (Wildman–Crippen MR) is 82.3 cm³/mol. The average Bonchev–Trinajstić information content (AvgIpc) is 2.61. The van der Waals surface area contributed by atoms with E-state index in [-0.39, 0.29) is 0 Å². The van der Waals surface area contributed by atoms with Gasteiger partial charge in [-0.3, -0.25) is 4.68 Å². The van der Waals surface area contributed by atoms with Crippen molar-refractivity contribution in [3.05, 3.63) is 46.8 Å². The van der Waals surface area contributed by atoms with Crippen molar-refractivity contribution in [1.29, 1.82) is 0 Å². The first-order valence-electron chi connectivity index (χ1n) is 6.12. The Hall–Kier alpha value is -1.88. The number of nitrogens with zero attached hydrogens (tertiary/aromatic N) is 2. The Balaban J connectivity index is 2.22. The Kier molecular flexibility index (Phi) is 3.85. The molecule has 0 spiro atoms. The monoisotopic (exact) mass is 274 g/mol. The van der Waals surface area contributed by atoms with Crippen LogP contribution in [0.1, 0.15) is 22.5 Å². The second-order valence-electron chi connectivity index (χ2n) is 4.54. The molecule has 0 aliphatic heterocycles. The van der Waals surface area contributed by atoms with Gasteiger partial charge in [0, 0.05) is 36.1 Å². The maximum absolute atomic E-state index is 5.72. The molecule has 1 aromatic carbocycles. The van der Waals surface area contributed by atoms with Crippen molar-refractivity contribution in [1.82, 2.24) is 9.78 Å². The zero-order valence-electron chi connectivity index (χ0n) is 11.4. The van der Waals surface area contributed by atoms with Gasteiger partial charge >= 0.3 is 0 Å². The van der Waals surface area contributed by atoms with Gasteiger partial charge in [-0.25, -0.2) is 0 Å². The number of hydrogen-bond acceptors (Lipinski definition) is 3. The maximum atomic E-state index is 5.72. The van der Waals surface area contributed by atoms with Crippen LogP contribution in [0.4, 0.5) is 5.69 Å². The number of anilines is 1. The molecule has 0 atom stereocenters. The molecule has 0 aliphatic carbocycles. The van der Waals surface area contributed by atoms with Crippen molar-refractivity contribution in [2.24, 2.45) is 12.8 Å². The van der Waals surface area contributed by atoms with Crippen molar-refractivity contribution in [2.75, 3.05) is 5.32 Å². The zero-order chi connectivity index (χ0) is 14.0. The molecule has 3 N–H and O–H groups in total. The summed E-state index contributed by atoms with van der Waals surface area (Å²) < 4.78 is 1.89. The van der Waals surface area contributed by atoms with Crippen LogP contribution in [0.3, 0.4) is 0 Å². The first kappa shape index (κ1) is 13.5. The van der Waals surface area contributed by atoms with Crippen LogP contribution >= 0.6 is 12.2 Å². The smallest absolute Gasteiger partial charge is 0.106 e. The molecule has 100 valence electrons. The lowest BCUT2D eigenvalue weighted by atomic mass is 10.1. The highest BCUT2D eigenvalue weighted by Gasteiger charge is 2.10. The molecule has 0 saturated heterocycles. The second-order valence-corrected chi connectivity index (χ2v) is 4.98. The number of thiocarbonyl (C=S) groups is 1. The van der Waals surface area contributed by atoms with Crippen molar-refractivity contribution >= 4 is 22.9 Å². The Morgan fingerprint density at radius 3 is 2.63 bits per heavy atom. The van der Waals surface area contributed by atoms with Gasteiger partial charge in [0.05, 0.1) is 5.69 Å². The fourth-order valence-electron chi connectivity index (χ4n) is 2.11. The molecule has 19 heavy (non-hydrogen) atoms. The van der Waals surface area contributed by atoms with E-state index in [0.29, 0.717) is 11.5 Å². The van der Waals surface area contributed by atoms with Gasteiger partial charge in [0.15, 0.2) is 0 Å². The van der Waals surface area contributed by atoms with Gasteiger partial charge in [0.1, 0.15) is 4.99 Å². The van der Waals surface area contributed by atoms with Gasteiger partial charge in [-0.15, -0.1) is 0 Å². The number of aryl methyl sites for hydroxylation is 2. The van der Waals surface area contributed by atoms with E-state index in [4.69, 9.17) is 18.0 Å². The summed E-state index contributed by atoms with van der Waals surface area (Å²) in [5.41, 5.74) is 11.0. The average molecular weight is 274 g/mol. The molecule has 0 fully saturated rings. The molecule has 1 heterocycles. The Morgan fingerprint density at radius 2 is 2.05 bits per heavy atom. The number of aromatic nitrogens is 2. The summed E-state index contributed by atoms with van der Waals surface area (Å²) in [7, 11) is 1.95. The van der Waals surface area contributed by atoms with Crippen LogP contribution in [0.5, 0.6) is 0 Å². The molecular formula is C14H18N4S. The number of rotatable bonds is 4. The molecule has 4 nitrogen and oxygen atoms in total. The van der Waals surface area contributed by atoms with Crippen LogP contribution in [0.15, 0.2) is 24.3 Å². The summed E-state index contributed by atoms with van der Waals surface area (Å²) >= 11 is 5.06. The summed E-state index contributed by atoms with van der Waals surface area (Å²) in [6, 6.07) is 7.80. The lowest BCUT2D eigenvalue weighted by molar-refractivity contribution is 0.730. The number of nitrogens with one attached hydrogen (secondary N) is 1. The predicted octanol–water partition coefficient (Wildman–Crippen LogP) is 2.28. The molecule has 0 saturated carbocycles. The molecule has 0 amide bonds. The molecule has 2 rings (SSSR count). The van der Waals surface area contributed by atoms with Crippen LogP contribution in [0.25, 0.3) is 0 Å². The maximum Gasteiger partial charge on any atom is 0.106 e. The Morgan fingerprint density at radius 1 is 1.37 bits per heavy atom. The first-order chi connectivity index (χ1) is 9.00. The third-order valence-electron chi connectivity index (χ3n) is 3.31. The highest BCUT2D eigenvalue weighted by atomic mass is 32.1. The zero-order valence-corrected chi connectivity index (χ0v) is 12.2. The van der Waals surface area contributed by atoms with Crippen molar-refractivity contribution < 1.29 is 0 Å². The topological polar surface area (TPSA) is 55.9 Å². The highest BCUT2D eigenvalue weighted by molar-refractivity contribution is 7.80. The van der Waals surface area contributed by atoms with Gasteiger partial charge in [0.2, 0.25) is 0 Å². The van der Waals surface area contributed by atoms with Crippen LogP contribution < -0.4 is 11.1 Å². The van der Waals surface area contributed by atoms with E-state index >= 15 is 0 Å². The number of benzene rings is 1. The van der Waals surface area contributed by atoms with Gasteiger partial charge in [0.25, 0.3) is 0 Å². The van der Waals surface area contributed by atoms with Crippen molar-refractivity contribution in [2.45, 2.75) is 20.4 Å².